The van der Waals surface area contributed by atoms with E-state index in [0.29, 0.717) is 5.95 Å². The lowest BCUT2D eigenvalue weighted by molar-refractivity contribution is -0.122. The van der Waals surface area contributed by atoms with E-state index >= 15 is 0 Å². The maximum absolute atomic E-state index is 14.6. The largest absolute Gasteiger partial charge is 0.369 e. The van der Waals surface area contributed by atoms with Gasteiger partial charge in [-0.2, -0.15) is 4.98 Å². The van der Waals surface area contributed by atoms with Crippen molar-refractivity contribution in [3.05, 3.63) is 47.4 Å². The third-order valence-corrected chi connectivity index (χ3v) is 7.40. The average Bonchev–Trinajstić information content (AvgIpc) is 3.39. The Morgan fingerprint density at radius 2 is 1.72 bits per heavy atom. The number of benzene rings is 1. The minimum Gasteiger partial charge on any atom is -0.369 e. The van der Waals surface area contributed by atoms with Gasteiger partial charge in [-0.15, -0.1) is 24.8 Å². The van der Waals surface area contributed by atoms with Gasteiger partial charge in [0.1, 0.15) is 0 Å². The van der Waals surface area contributed by atoms with Crippen molar-refractivity contribution in [3.63, 3.8) is 0 Å². The number of nitrogens with zero attached hydrogens (tertiary/aromatic N) is 4. The smallest absolute Gasteiger partial charge is 0.229 e. The second kappa shape index (κ2) is 11.2. The van der Waals surface area contributed by atoms with Gasteiger partial charge in [0.05, 0.1) is 12.1 Å². The number of anilines is 4. The van der Waals surface area contributed by atoms with Crippen LogP contribution in [0.5, 0.6) is 0 Å². The molecule has 4 atom stereocenters. The van der Waals surface area contributed by atoms with Gasteiger partial charge in [0.15, 0.2) is 11.6 Å². The van der Waals surface area contributed by atoms with Crippen LogP contribution in [-0.4, -0.2) is 60.0 Å². The average molecular weight is 538 g/mol. The minimum atomic E-state index is -0.557. The standard InChI is InChI=1S/C25H32FN7O.2ClH/c1-14-10-18(11-15(2)22(14)33-8-6-32(3)7-9-33)29-25-28-13-19(26)24(31-25)30-21-17-5-4-16(12-17)20(21)23(27)34;;/h4-5,10-11,13,16-17,20-21H,6-9,12H2,1-3H3,(H2,27,34)(H2,28,29,30,31);2*1H/t16-,17+,20+,21-;;/m1../s1. The van der Waals surface area contributed by atoms with Gasteiger partial charge in [-0.1, -0.05) is 12.2 Å². The number of aryl methyl sites for hydroxylation is 2. The molecule has 0 radical (unpaired) electrons. The molecular formula is C25H34Cl2FN7O. The quantitative estimate of drug-likeness (QED) is 0.483. The van der Waals surface area contributed by atoms with E-state index in [-0.39, 0.29) is 60.3 Å². The normalized spacial score (nSPS) is 24.7. The first kappa shape index (κ1) is 28.0. The fraction of sp³-hybridized carbons (Fsp3) is 0.480. The van der Waals surface area contributed by atoms with E-state index in [2.05, 4.69) is 69.5 Å². The molecule has 1 amide bonds. The predicted octanol–water partition coefficient (Wildman–Crippen LogP) is 3.66. The molecule has 8 nitrogen and oxygen atoms in total. The summed E-state index contributed by atoms with van der Waals surface area (Å²) in [6.07, 6.45) is 6.12. The molecule has 11 heteroatoms. The summed E-state index contributed by atoms with van der Waals surface area (Å²) in [6.45, 7) is 8.32. The molecule has 0 spiro atoms. The molecular weight excluding hydrogens is 504 g/mol. The number of carbonyl (C=O) groups is 1. The van der Waals surface area contributed by atoms with Gasteiger partial charge >= 0.3 is 0 Å². The van der Waals surface area contributed by atoms with Crippen molar-refractivity contribution in [1.82, 2.24) is 14.9 Å². The fourth-order valence-electron chi connectivity index (χ4n) is 5.78. The summed E-state index contributed by atoms with van der Waals surface area (Å²) in [5, 5.41) is 6.37. The van der Waals surface area contributed by atoms with Gasteiger partial charge in [0, 0.05) is 43.6 Å². The molecule has 1 aliphatic heterocycles. The lowest BCUT2D eigenvalue weighted by atomic mass is 9.88. The second-order valence-electron chi connectivity index (χ2n) is 9.81. The Morgan fingerprint density at radius 3 is 2.36 bits per heavy atom. The van der Waals surface area contributed by atoms with Crippen LogP contribution in [0.2, 0.25) is 0 Å². The third-order valence-electron chi connectivity index (χ3n) is 7.40. The number of hydrogen-bond acceptors (Lipinski definition) is 7. The van der Waals surface area contributed by atoms with Crippen molar-refractivity contribution in [2.75, 3.05) is 48.8 Å². The van der Waals surface area contributed by atoms with Crippen molar-refractivity contribution in [1.29, 1.82) is 0 Å². The Balaban J connectivity index is 0.00000180. The number of aromatic nitrogens is 2. The number of hydrogen-bond donors (Lipinski definition) is 3. The number of rotatable bonds is 6. The van der Waals surface area contributed by atoms with Crippen LogP contribution in [0.4, 0.5) is 27.5 Å². The number of nitrogens with one attached hydrogen (secondary N) is 2. The Kier molecular flexibility index (Phi) is 8.69. The van der Waals surface area contributed by atoms with Crippen molar-refractivity contribution < 1.29 is 9.18 Å². The van der Waals surface area contributed by atoms with Gasteiger partial charge in [0.25, 0.3) is 0 Å². The molecule has 196 valence electrons. The predicted molar refractivity (Wildman–Crippen MR) is 146 cm³/mol. The summed E-state index contributed by atoms with van der Waals surface area (Å²) < 4.78 is 14.6. The highest BCUT2D eigenvalue weighted by Crippen LogP contribution is 2.45. The molecule has 2 aliphatic carbocycles. The zero-order valence-electron chi connectivity index (χ0n) is 20.7. The minimum absolute atomic E-state index is 0. The van der Waals surface area contributed by atoms with Crippen LogP contribution in [0, 0.1) is 37.4 Å². The van der Waals surface area contributed by atoms with Gasteiger partial charge in [-0.25, -0.2) is 9.37 Å². The molecule has 2 fully saturated rings. The maximum Gasteiger partial charge on any atom is 0.229 e. The highest BCUT2D eigenvalue weighted by atomic mass is 35.5. The van der Waals surface area contributed by atoms with Gasteiger partial charge in [-0.3, -0.25) is 4.79 Å². The third kappa shape index (κ3) is 5.38. The summed E-state index contributed by atoms with van der Waals surface area (Å²) in [6, 6.07) is 3.88. The summed E-state index contributed by atoms with van der Waals surface area (Å²) >= 11 is 0. The van der Waals surface area contributed by atoms with Crippen LogP contribution in [-0.2, 0) is 4.79 Å². The number of halogens is 3. The number of amides is 1. The first-order valence-corrected chi connectivity index (χ1v) is 11.9. The number of primary amides is 1. The number of allylic oxidation sites excluding steroid dienone is 1. The van der Waals surface area contributed by atoms with Crippen LogP contribution < -0.4 is 21.3 Å². The number of fused-ring (bicyclic) bond motifs is 2. The van der Waals surface area contributed by atoms with Gasteiger partial charge in [0.2, 0.25) is 11.9 Å². The molecule has 2 bridgehead atoms. The SMILES string of the molecule is Cc1cc(Nc2ncc(F)c(N[C@H]3[C@@H](C(N)=O)[C@@H]4C=C[C@H]3C4)n2)cc(C)c1N1CCN(C)CC1.Cl.Cl. The van der Waals surface area contributed by atoms with E-state index in [9.17, 15) is 9.18 Å². The number of carbonyl (C=O) groups excluding carboxylic acids is 1. The molecule has 3 aliphatic rings. The number of nitrogens with two attached hydrogens (primary N) is 1. The first-order valence-electron chi connectivity index (χ1n) is 11.9. The van der Waals surface area contributed by atoms with Crippen LogP contribution in [0.1, 0.15) is 17.5 Å². The highest BCUT2D eigenvalue weighted by Gasteiger charge is 2.47. The van der Waals surface area contributed by atoms with E-state index in [1.165, 1.54) is 16.8 Å². The fourth-order valence-corrected chi connectivity index (χ4v) is 5.78. The molecule has 0 unspecified atom stereocenters. The first-order chi connectivity index (χ1) is 16.3. The molecule has 1 saturated carbocycles. The zero-order valence-corrected chi connectivity index (χ0v) is 22.3. The lowest BCUT2D eigenvalue weighted by Crippen LogP contribution is -2.45. The number of piperazine rings is 1. The van der Waals surface area contributed by atoms with E-state index in [0.717, 1.165) is 44.5 Å². The maximum atomic E-state index is 14.6. The second-order valence-corrected chi connectivity index (χ2v) is 9.81. The lowest BCUT2D eigenvalue weighted by Gasteiger charge is -2.36. The molecule has 4 N–H and O–H groups in total. The summed E-state index contributed by atoms with van der Waals surface area (Å²) in [5.74, 6) is -0.672. The van der Waals surface area contributed by atoms with E-state index in [4.69, 9.17) is 5.73 Å². The molecule has 1 saturated heterocycles. The monoisotopic (exact) mass is 537 g/mol. The van der Waals surface area contributed by atoms with Crippen molar-refractivity contribution in [2.24, 2.45) is 23.5 Å². The Labute approximate surface area is 223 Å². The number of likely N-dealkylation sites (N-methyl/N-ethyl adjacent to an activating group) is 1. The van der Waals surface area contributed by atoms with Crippen molar-refractivity contribution >= 4 is 53.9 Å². The summed E-state index contributed by atoms with van der Waals surface area (Å²) in [4.78, 5) is 25.3. The highest BCUT2D eigenvalue weighted by molar-refractivity contribution is 5.85. The molecule has 1 aromatic carbocycles. The molecule has 2 heterocycles. The molecule has 1 aromatic heterocycles. The van der Waals surface area contributed by atoms with Crippen LogP contribution in [0.15, 0.2) is 30.5 Å². The summed E-state index contributed by atoms with van der Waals surface area (Å²) in [7, 11) is 2.15. The van der Waals surface area contributed by atoms with Gasteiger partial charge < -0.3 is 26.2 Å². The van der Waals surface area contributed by atoms with Crippen LogP contribution >= 0.6 is 24.8 Å². The van der Waals surface area contributed by atoms with Crippen molar-refractivity contribution in [3.8, 4) is 0 Å². The Bertz CT molecular complexity index is 1120. The van der Waals surface area contributed by atoms with Crippen molar-refractivity contribution in [2.45, 2.75) is 26.3 Å². The topological polar surface area (TPSA) is 99.4 Å². The molecule has 36 heavy (non-hydrogen) atoms. The molecule has 5 rings (SSSR count). The van der Waals surface area contributed by atoms with Crippen LogP contribution in [0.25, 0.3) is 0 Å². The Hall–Kier alpha value is -2.62. The summed E-state index contributed by atoms with van der Waals surface area (Å²) in [5.41, 5.74) is 10.1. The zero-order chi connectivity index (χ0) is 24.0. The van der Waals surface area contributed by atoms with E-state index in [1.807, 2.05) is 6.08 Å². The van der Waals surface area contributed by atoms with Crippen LogP contribution in [0.3, 0.4) is 0 Å². The Morgan fingerprint density at radius 1 is 1.08 bits per heavy atom. The molecule has 2 aromatic rings. The van der Waals surface area contributed by atoms with Gasteiger partial charge in [-0.05, 0) is 62.4 Å². The van der Waals surface area contributed by atoms with E-state index in [1.54, 1.807) is 0 Å². The van der Waals surface area contributed by atoms with E-state index < -0.39 is 5.82 Å².